The lowest BCUT2D eigenvalue weighted by molar-refractivity contribution is -0.0745. The second-order valence-electron chi connectivity index (χ2n) is 9.68. The maximum absolute atomic E-state index is 14.3. The molecule has 2 heterocycles. The topological polar surface area (TPSA) is 101 Å². The maximum Gasteiger partial charge on any atom is 0.275 e. The Hall–Kier alpha value is -3.69. The molecule has 1 spiro atoms. The summed E-state index contributed by atoms with van der Waals surface area (Å²) in [7, 11) is 0. The number of nitrogens with zero attached hydrogens (tertiary/aromatic N) is 2. The third kappa shape index (κ3) is 4.56. The molecule has 3 aromatic rings. The quantitative estimate of drug-likeness (QED) is 0.478. The van der Waals surface area contributed by atoms with Gasteiger partial charge in [0.2, 0.25) is 5.43 Å². The van der Waals surface area contributed by atoms with Crippen LogP contribution in [0.25, 0.3) is 0 Å². The van der Waals surface area contributed by atoms with Gasteiger partial charge in [-0.2, -0.15) is 0 Å². The van der Waals surface area contributed by atoms with Gasteiger partial charge in [-0.05, 0) is 31.4 Å². The lowest BCUT2D eigenvalue weighted by atomic mass is 9.71. The Morgan fingerprint density at radius 1 is 1.18 bits per heavy atom. The van der Waals surface area contributed by atoms with Crippen LogP contribution in [0.4, 0.5) is 4.39 Å². The van der Waals surface area contributed by atoms with Crippen LogP contribution in [0.2, 0.25) is 5.02 Å². The van der Waals surface area contributed by atoms with Crippen molar-refractivity contribution in [1.82, 2.24) is 14.8 Å². The number of hydrogen-bond acceptors (Lipinski definition) is 5. The molecule has 1 saturated carbocycles. The first-order chi connectivity index (χ1) is 18.2. The molecular formula is C28H27ClFN3O5. The number of aromatic nitrogens is 1. The van der Waals surface area contributed by atoms with E-state index in [2.05, 4.69) is 5.32 Å². The van der Waals surface area contributed by atoms with Crippen LogP contribution < -0.4 is 15.5 Å². The summed E-state index contributed by atoms with van der Waals surface area (Å²) in [5.41, 5.74) is -0.553. The van der Waals surface area contributed by atoms with Crippen LogP contribution in [0, 0.1) is 5.82 Å². The smallest absolute Gasteiger partial charge is 0.275 e. The van der Waals surface area contributed by atoms with Crippen molar-refractivity contribution in [3.8, 4) is 5.75 Å². The number of rotatable bonds is 7. The first-order valence-electron chi connectivity index (χ1n) is 12.4. The van der Waals surface area contributed by atoms with Crippen LogP contribution in [0.15, 0.2) is 59.5 Å². The number of carbonyl (C=O) groups is 2. The molecule has 1 aliphatic heterocycles. The standard InChI is InChI=1S/C28H27ClFN3O5/c1-2-33-27(37)23-25(38-15-17-7-4-3-5-8-17)24(35)20(14-32(23)16-28(33)11-19(34)12-28)26(36)31-13-18-9-6-10-21(29)22(18)30/h3-10,14,19,34H,2,11-13,15-16H2,1H3,(H,31,36). The van der Waals surface area contributed by atoms with Crippen molar-refractivity contribution in [2.75, 3.05) is 6.54 Å². The first-order valence-corrected chi connectivity index (χ1v) is 12.8. The number of benzene rings is 2. The highest BCUT2D eigenvalue weighted by Crippen LogP contribution is 2.43. The summed E-state index contributed by atoms with van der Waals surface area (Å²) < 4.78 is 21.8. The molecule has 38 heavy (non-hydrogen) atoms. The van der Waals surface area contributed by atoms with Gasteiger partial charge < -0.3 is 24.6 Å². The number of likely N-dealkylation sites (N-methyl/N-ethyl adjacent to an activating group) is 1. The molecule has 2 N–H and O–H groups in total. The highest BCUT2D eigenvalue weighted by Gasteiger charge is 2.53. The van der Waals surface area contributed by atoms with E-state index in [0.29, 0.717) is 25.9 Å². The summed E-state index contributed by atoms with van der Waals surface area (Å²) in [5.74, 6) is -1.99. The molecule has 1 aliphatic carbocycles. The van der Waals surface area contributed by atoms with E-state index in [1.165, 1.54) is 18.3 Å². The monoisotopic (exact) mass is 539 g/mol. The van der Waals surface area contributed by atoms with Crippen LogP contribution in [0.1, 0.15) is 51.7 Å². The largest absolute Gasteiger partial charge is 0.483 e. The van der Waals surface area contributed by atoms with E-state index in [1.807, 2.05) is 37.3 Å². The van der Waals surface area contributed by atoms with E-state index >= 15 is 0 Å². The number of ether oxygens (including phenoxy) is 1. The van der Waals surface area contributed by atoms with Crippen molar-refractivity contribution in [2.24, 2.45) is 0 Å². The average Bonchev–Trinajstić information content (AvgIpc) is 2.89. The normalized spacial score (nSPS) is 20.2. The molecule has 2 aromatic carbocycles. The summed E-state index contributed by atoms with van der Waals surface area (Å²) in [6, 6.07) is 13.6. The second kappa shape index (κ2) is 10.2. The van der Waals surface area contributed by atoms with E-state index in [1.54, 1.807) is 15.5 Å². The number of halogens is 2. The zero-order valence-corrected chi connectivity index (χ0v) is 21.5. The second-order valence-corrected chi connectivity index (χ2v) is 10.1. The van der Waals surface area contributed by atoms with Gasteiger partial charge in [-0.15, -0.1) is 0 Å². The van der Waals surface area contributed by atoms with Crippen molar-refractivity contribution in [1.29, 1.82) is 0 Å². The number of hydrogen-bond donors (Lipinski definition) is 2. The zero-order valence-electron chi connectivity index (χ0n) is 20.7. The van der Waals surface area contributed by atoms with E-state index < -0.39 is 34.7 Å². The fourth-order valence-corrected chi connectivity index (χ4v) is 5.55. The van der Waals surface area contributed by atoms with Crippen molar-refractivity contribution >= 4 is 23.4 Å². The number of pyridine rings is 1. The predicted octanol–water partition coefficient (Wildman–Crippen LogP) is 3.52. The number of aliphatic hydroxyl groups excluding tert-OH is 1. The highest BCUT2D eigenvalue weighted by molar-refractivity contribution is 6.30. The number of carbonyl (C=O) groups excluding carboxylic acids is 2. The summed E-state index contributed by atoms with van der Waals surface area (Å²) in [4.78, 5) is 42.1. The number of nitrogens with one attached hydrogen (secondary N) is 1. The number of amides is 2. The van der Waals surface area contributed by atoms with Crippen molar-refractivity contribution in [3.05, 3.63) is 98.2 Å². The van der Waals surface area contributed by atoms with Gasteiger partial charge in [0.1, 0.15) is 18.0 Å². The van der Waals surface area contributed by atoms with E-state index in [9.17, 15) is 23.9 Å². The van der Waals surface area contributed by atoms with Crippen LogP contribution >= 0.6 is 11.6 Å². The summed E-state index contributed by atoms with van der Waals surface area (Å²) in [6.45, 7) is 2.37. The molecule has 198 valence electrons. The molecule has 8 nitrogen and oxygen atoms in total. The highest BCUT2D eigenvalue weighted by atomic mass is 35.5. The van der Waals surface area contributed by atoms with Crippen LogP contribution in [0.3, 0.4) is 0 Å². The molecule has 0 radical (unpaired) electrons. The lowest BCUT2D eigenvalue weighted by Crippen LogP contribution is -2.66. The van der Waals surface area contributed by atoms with Gasteiger partial charge in [-0.3, -0.25) is 14.4 Å². The molecule has 10 heteroatoms. The Labute approximate surface area is 223 Å². The number of aliphatic hydroxyl groups is 1. The third-order valence-electron chi connectivity index (χ3n) is 7.21. The Kier molecular flexibility index (Phi) is 6.98. The molecule has 2 aliphatic rings. The van der Waals surface area contributed by atoms with E-state index in [-0.39, 0.29) is 40.7 Å². The van der Waals surface area contributed by atoms with Gasteiger partial charge in [0.05, 0.1) is 16.7 Å². The molecule has 0 unspecified atom stereocenters. The molecule has 1 aromatic heterocycles. The minimum absolute atomic E-state index is 0.0190. The minimum Gasteiger partial charge on any atom is -0.483 e. The Morgan fingerprint density at radius 3 is 2.61 bits per heavy atom. The van der Waals surface area contributed by atoms with Gasteiger partial charge >= 0.3 is 0 Å². The molecule has 2 amide bonds. The zero-order chi connectivity index (χ0) is 27.0. The van der Waals surface area contributed by atoms with E-state index in [4.69, 9.17) is 16.3 Å². The third-order valence-corrected chi connectivity index (χ3v) is 7.50. The Morgan fingerprint density at radius 2 is 1.92 bits per heavy atom. The molecule has 5 rings (SSSR count). The van der Waals surface area contributed by atoms with Gasteiger partial charge in [0.25, 0.3) is 11.8 Å². The fraction of sp³-hybridized carbons (Fsp3) is 0.321. The molecule has 1 fully saturated rings. The van der Waals surface area contributed by atoms with Crippen LogP contribution in [-0.2, 0) is 19.7 Å². The van der Waals surface area contributed by atoms with Gasteiger partial charge in [-0.1, -0.05) is 54.1 Å². The van der Waals surface area contributed by atoms with Crippen LogP contribution in [-0.4, -0.2) is 44.6 Å². The molecule has 0 atom stereocenters. The summed E-state index contributed by atoms with van der Waals surface area (Å²) in [6.07, 6.45) is 1.62. The SMILES string of the molecule is CCN1C(=O)c2c(OCc3ccccc3)c(=O)c(C(=O)NCc3cccc(Cl)c3F)cn2CC12CC(O)C2. The summed E-state index contributed by atoms with van der Waals surface area (Å²) >= 11 is 5.84. The molecule has 0 bridgehead atoms. The summed E-state index contributed by atoms with van der Waals surface area (Å²) in [5, 5.41) is 12.6. The molecule has 0 saturated heterocycles. The van der Waals surface area contributed by atoms with Gasteiger partial charge in [0.15, 0.2) is 11.4 Å². The maximum atomic E-state index is 14.3. The molecular weight excluding hydrogens is 513 g/mol. The predicted molar refractivity (Wildman–Crippen MR) is 139 cm³/mol. The van der Waals surface area contributed by atoms with Gasteiger partial charge in [-0.25, -0.2) is 4.39 Å². The van der Waals surface area contributed by atoms with E-state index in [0.717, 1.165) is 5.56 Å². The van der Waals surface area contributed by atoms with Crippen molar-refractivity contribution in [3.63, 3.8) is 0 Å². The first kappa shape index (κ1) is 25.9. The van der Waals surface area contributed by atoms with Crippen LogP contribution in [0.5, 0.6) is 5.75 Å². The van der Waals surface area contributed by atoms with Crippen molar-refractivity contribution < 1.29 is 23.8 Å². The fourth-order valence-electron chi connectivity index (χ4n) is 5.36. The average molecular weight is 540 g/mol. The number of fused-ring (bicyclic) bond motifs is 1. The minimum atomic E-state index is -0.734. The van der Waals surface area contributed by atoms with Gasteiger partial charge in [0, 0.05) is 31.4 Å². The van der Waals surface area contributed by atoms with Crippen molar-refractivity contribution in [2.45, 2.75) is 51.1 Å². The lowest BCUT2D eigenvalue weighted by Gasteiger charge is -2.55. The Balaban J connectivity index is 1.53. The Bertz CT molecular complexity index is 1450.